The summed E-state index contributed by atoms with van der Waals surface area (Å²) in [6.07, 6.45) is 5.51. The van der Waals surface area contributed by atoms with Gasteiger partial charge in [-0.15, -0.1) is 6.42 Å². The van der Waals surface area contributed by atoms with Crippen molar-refractivity contribution >= 4 is 0 Å². The molecule has 0 aromatic heterocycles. The molecule has 8 heteroatoms. The van der Waals surface area contributed by atoms with Crippen LogP contribution in [0.5, 0.6) is 23.0 Å². The summed E-state index contributed by atoms with van der Waals surface area (Å²) in [6.45, 7) is 5.10. The van der Waals surface area contributed by atoms with E-state index in [4.69, 9.17) is 44.3 Å². The van der Waals surface area contributed by atoms with Gasteiger partial charge in [-0.25, -0.2) is 0 Å². The third kappa shape index (κ3) is 9.49. The van der Waals surface area contributed by atoms with E-state index in [2.05, 4.69) is 5.92 Å². The minimum Gasteiger partial charge on any atom is -0.487 e. The normalized spacial score (nSPS) is 17.6. The Labute approximate surface area is 200 Å². The van der Waals surface area contributed by atoms with E-state index < -0.39 is 0 Å². The molecule has 184 valence electrons. The van der Waals surface area contributed by atoms with Crippen LogP contribution in [0.1, 0.15) is 5.56 Å². The molecule has 0 N–H and O–H groups in total. The highest BCUT2D eigenvalue weighted by Crippen LogP contribution is 2.28. The van der Waals surface area contributed by atoms with Crippen molar-refractivity contribution in [2.45, 2.75) is 0 Å². The van der Waals surface area contributed by atoms with Crippen molar-refractivity contribution in [3.05, 3.63) is 48.0 Å². The highest BCUT2D eigenvalue weighted by Gasteiger charge is 2.08. The smallest absolute Gasteiger partial charge is 0.162 e. The summed E-state index contributed by atoms with van der Waals surface area (Å²) >= 11 is 0. The molecule has 0 atom stereocenters. The quantitative estimate of drug-likeness (QED) is 0.542. The van der Waals surface area contributed by atoms with Gasteiger partial charge in [0, 0.05) is 5.56 Å². The second-order valence-electron chi connectivity index (χ2n) is 7.10. The molecule has 8 nitrogen and oxygen atoms in total. The molecule has 1 aliphatic heterocycles. The number of para-hydroxylation sites is 2. The van der Waals surface area contributed by atoms with Gasteiger partial charge in [0.15, 0.2) is 23.0 Å². The van der Waals surface area contributed by atoms with E-state index in [1.54, 1.807) is 12.1 Å². The van der Waals surface area contributed by atoms with E-state index in [1.807, 2.05) is 30.3 Å². The SMILES string of the molecule is C#Cc1ccc2c(c1)OCCOCCOCCOc1ccccc1OCCOCCOCCO2. The molecule has 1 heterocycles. The Hall–Kier alpha value is -2.96. The minimum absolute atomic E-state index is 0.359. The zero-order valence-corrected chi connectivity index (χ0v) is 19.4. The maximum atomic E-state index is 5.82. The van der Waals surface area contributed by atoms with E-state index in [1.165, 1.54) is 0 Å². The van der Waals surface area contributed by atoms with Crippen LogP contribution in [0.2, 0.25) is 0 Å². The van der Waals surface area contributed by atoms with Gasteiger partial charge >= 0.3 is 0 Å². The predicted molar refractivity (Wildman–Crippen MR) is 126 cm³/mol. The van der Waals surface area contributed by atoms with E-state index in [0.717, 1.165) is 0 Å². The molecular weight excluding hydrogens is 440 g/mol. The van der Waals surface area contributed by atoms with Crippen molar-refractivity contribution in [1.82, 2.24) is 0 Å². The van der Waals surface area contributed by atoms with Crippen LogP contribution in [0.15, 0.2) is 42.5 Å². The van der Waals surface area contributed by atoms with Crippen LogP contribution in [0.25, 0.3) is 0 Å². The van der Waals surface area contributed by atoms with Crippen molar-refractivity contribution in [2.24, 2.45) is 0 Å². The zero-order valence-electron chi connectivity index (χ0n) is 19.4. The Morgan fingerprint density at radius 2 is 0.853 bits per heavy atom. The maximum absolute atomic E-state index is 5.82. The van der Waals surface area contributed by atoms with Crippen molar-refractivity contribution in [3.63, 3.8) is 0 Å². The number of fused-ring (bicyclic) bond motifs is 2. The summed E-state index contributed by atoms with van der Waals surface area (Å²) in [5.74, 6) is 5.13. The average Bonchev–Trinajstić information content (AvgIpc) is 2.87. The first-order valence-electron chi connectivity index (χ1n) is 11.4. The molecule has 3 rings (SSSR count). The molecule has 34 heavy (non-hydrogen) atoms. The largest absolute Gasteiger partial charge is 0.487 e. The molecule has 0 saturated carbocycles. The van der Waals surface area contributed by atoms with Crippen LogP contribution in [0.3, 0.4) is 0 Å². The molecule has 1 aliphatic rings. The molecule has 2 aromatic rings. The Morgan fingerprint density at radius 1 is 0.471 bits per heavy atom. The number of rotatable bonds is 0. The summed E-state index contributed by atoms with van der Waals surface area (Å²) in [5.41, 5.74) is 0.715. The molecular formula is C26H32O8. The fourth-order valence-electron chi connectivity index (χ4n) is 3.00. The molecule has 0 aliphatic carbocycles. The average molecular weight is 473 g/mol. The molecule has 0 bridgehead atoms. The van der Waals surface area contributed by atoms with Gasteiger partial charge in [0.1, 0.15) is 26.4 Å². The second-order valence-corrected chi connectivity index (χ2v) is 7.10. The van der Waals surface area contributed by atoms with E-state index in [-0.39, 0.29) is 0 Å². The summed E-state index contributed by atoms with van der Waals surface area (Å²) in [7, 11) is 0. The third-order valence-corrected chi connectivity index (χ3v) is 4.64. The first-order valence-corrected chi connectivity index (χ1v) is 11.4. The van der Waals surface area contributed by atoms with Crippen LogP contribution >= 0.6 is 0 Å². The number of ether oxygens (including phenoxy) is 8. The van der Waals surface area contributed by atoms with Gasteiger partial charge in [0.05, 0.1) is 52.9 Å². The third-order valence-electron chi connectivity index (χ3n) is 4.64. The van der Waals surface area contributed by atoms with Gasteiger partial charge in [0.25, 0.3) is 0 Å². The van der Waals surface area contributed by atoms with Gasteiger partial charge in [-0.1, -0.05) is 18.1 Å². The van der Waals surface area contributed by atoms with E-state index >= 15 is 0 Å². The van der Waals surface area contributed by atoms with E-state index in [9.17, 15) is 0 Å². The lowest BCUT2D eigenvalue weighted by atomic mass is 10.2. The molecule has 0 fully saturated rings. The van der Waals surface area contributed by atoms with Gasteiger partial charge in [-0.2, -0.15) is 0 Å². The Bertz CT molecular complexity index is 879. The molecule has 2 aromatic carbocycles. The molecule has 0 spiro atoms. The first-order chi connectivity index (χ1) is 16.9. The summed E-state index contributed by atoms with van der Waals surface area (Å²) < 4.78 is 45.5. The zero-order chi connectivity index (χ0) is 23.7. The molecule has 0 saturated heterocycles. The second kappa shape index (κ2) is 15.8. The Kier molecular flexibility index (Phi) is 11.9. The molecule has 0 radical (unpaired) electrons. The molecule has 0 amide bonds. The highest BCUT2D eigenvalue weighted by atomic mass is 16.6. The Morgan fingerprint density at radius 3 is 1.29 bits per heavy atom. The number of hydrogen-bond acceptors (Lipinski definition) is 8. The fraction of sp³-hybridized carbons (Fsp3) is 0.462. The first kappa shape index (κ1) is 25.7. The predicted octanol–water partition coefficient (Wildman–Crippen LogP) is 2.96. The van der Waals surface area contributed by atoms with Crippen LogP contribution in [0.4, 0.5) is 0 Å². The van der Waals surface area contributed by atoms with Crippen LogP contribution in [-0.4, -0.2) is 79.3 Å². The van der Waals surface area contributed by atoms with Gasteiger partial charge in [-0.05, 0) is 30.3 Å². The lowest BCUT2D eigenvalue weighted by Crippen LogP contribution is -2.15. The standard InChI is InChI=1S/C26H32O8/c1-2-22-7-8-25-26(21-22)34-20-16-30-12-11-28-14-18-32-24-6-4-3-5-23(24)31-17-13-27-9-10-29-15-19-33-25/h1,3-8,21H,9-20H2. The fourth-order valence-corrected chi connectivity index (χ4v) is 3.00. The van der Waals surface area contributed by atoms with Crippen LogP contribution < -0.4 is 18.9 Å². The minimum atomic E-state index is 0.359. The summed E-state index contributed by atoms with van der Waals surface area (Å²) in [4.78, 5) is 0. The van der Waals surface area contributed by atoms with Gasteiger partial charge in [-0.3, -0.25) is 0 Å². The number of benzene rings is 2. The lowest BCUT2D eigenvalue weighted by molar-refractivity contribution is 0.0223. The topological polar surface area (TPSA) is 73.8 Å². The van der Waals surface area contributed by atoms with Crippen molar-refractivity contribution in [2.75, 3.05) is 79.3 Å². The van der Waals surface area contributed by atoms with E-state index in [0.29, 0.717) is 108 Å². The summed E-state index contributed by atoms with van der Waals surface area (Å²) in [6, 6.07) is 12.9. The monoisotopic (exact) mass is 472 g/mol. The van der Waals surface area contributed by atoms with Crippen molar-refractivity contribution in [1.29, 1.82) is 0 Å². The van der Waals surface area contributed by atoms with Gasteiger partial charge in [0.2, 0.25) is 0 Å². The number of terminal acetylenes is 1. The summed E-state index contributed by atoms with van der Waals surface area (Å²) in [5, 5.41) is 0. The van der Waals surface area contributed by atoms with Crippen LogP contribution in [0, 0.1) is 12.3 Å². The van der Waals surface area contributed by atoms with Crippen LogP contribution in [-0.2, 0) is 18.9 Å². The van der Waals surface area contributed by atoms with Crippen molar-refractivity contribution < 1.29 is 37.9 Å². The maximum Gasteiger partial charge on any atom is 0.162 e. The highest BCUT2D eigenvalue weighted by molar-refractivity contribution is 5.47. The van der Waals surface area contributed by atoms with Crippen molar-refractivity contribution in [3.8, 4) is 35.3 Å². The Balaban J connectivity index is 1.48. The lowest BCUT2D eigenvalue weighted by Gasteiger charge is -2.14. The molecule has 0 unspecified atom stereocenters. The number of hydrogen-bond donors (Lipinski definition) is 0. The van der Waals surface area contributed by atoms with Gasteiger partial charge < -0.3 is 37.9 Å².